The first-order valence-electron chi connectivity index (χ1n) is 5.88. The van der Waals surface area contributed by atoms with E-state index in [2.05, 4.69) is 0 Å². The van der Waals surface area contributed by atoms with E-state index in [0.29, 0.717) is 6.42 Å². The van der Waals surface area contributed by atoms with E-state index in [9.17, 15) is 20.3 Å². The minimum Gasteiger partial charge on any atom is -0.508 e. The Balaban J connectivity index is 0.00000324. The van der Waals surface area contributed by atoms with Crippen molar-refractivity contribution in [1.82, 2.24) is 0 Å². The molecule has 0 saturated heterocycles. The number of phenolic OH excluding ortho intramolecular Hbond substituents is 1. The number of unbranched alkanes of at least 4 members (excludes halogenated alkanes) is 1. The molecule has 19 heavy (non-hydrogen) atoms. The van der Waals surface area contributed by atoms with Crippen LogP contribution in [-0.4, -0.2) is 21.2 Å². The van der Waals surface area contributed by atoms with Gasteiger partial charge < -0.3 is 15.9 Å². The molecule has 1 aromatic rings. The lowest BCUT2D eigenvalue weighted by Crippen LogP contribution is -2.26. The Morgan fingerprint density at radius 2 is 2.11 bits per heavy atom. The van der Waals surface area contributed by atoms with Gasteiger partial charge in [0.05, 0.1) is 17.1 Å². The number of benzene rings is 1. The first-order valence-corrected chi connectivity index (χ1v) is 5.88. The first kappa shape index (κ1) is 17.6. The maximum atomic E-state index is 10.6. The maximum absolute atomic E-state index is 10.6. The van der Waals surface area contributed by atoms with Crippen molar-refractivity contribution in [2.45, 2.75) is 38.3 Å². The number of hydrogen-bond donors (Lipinski definition) is 3. The van der Waals surface area contributed by atoms with Crippen LogP contribution in [0.2, 0.25) is 0 Å². The average molecular weight is 291 g/mol. The SMILES string of the molecule is CCCC[C@@H](O)[C@@H](N)c1cc([N+](=O)[O-])ccc1O.Cl. The van der Waals surface area contributed by atoms with Crippen molar-refractivity contribution in [3.05, 3.63) is 33.9 Å². The van der Waals surface area contributed by atoms with E-state index in [4.69, 9.17) is 5.73 Å². The molecule has 1 rings (SSSR count). The van der Waals surface area contributed by atoms with E-state index in [-0.39, 0.29) is 29.4 Å². The van der Waals surface area contributed by atoms with Crippen molar-refractivity contribution in [2.24, 2.45) is 5.73 Å². The van der Waals surface area contributed by atoms with Gasteiger partial charge in [-0.25, -0.2) is 0 Å². The normalized spacial score (nSPS) is 13.4. The van der Waals surface area contributed by atoms with Gasteiger partial charge in [0.1, 0.15) is 5.75 Å². The number of aliphatic hydroxyl groups is 1. The first-order chi connectivity index (χ1) is 8.47. The zero-order valence-corrected chi connectivity index (χ0v) is 11.5. The van der Waals surface area contributed by atoms with Crippen LogP contribution in [-0.2, 0) is 0 Å². The predicted molar refractivity (Wildman–Crippen MR) is 74.5 cm³/mol. The van der Waals surface area contributed by atoms with Crippen LogP contribution in [0.5, 0.6) is 5.75 Å². The fourth-order valence-corrected chi connectivity index (χ4v) is 1.72. The molecule has 7 heteroatoms. The Morgan fingerprint density at radius 3 is 2.63 bits per heavy atom. The van der Waals surface area contributed by atoms with Crippen molar-refractivity contribution in [3.63, 3.8) is 0 Å². The molecule has 108 valence electrons. The second kappa shape index (κ2) is 7.93. The molecule has 0 aliphatic rings. The topological polar surface area (TPSA) is 110 Å². The molecule has 0 aromatic heterocycles. The summed E-state index contributed by atoms with van der Waals surface area (Å²) in [5.41, 5.74) is 5.87. The van der Waals surface area contributed by atoms with Crippen molar-refractivity contribution in [3.8, 4) is 5.75 Å². The molecule has 0 bridgehead atoms. The van der Waals surface area contributed by atoms with E-state index in [1.807, 2.05) is 6.92 Å². The lowest BCUT2D eigenvalue weighted by atomic mass is 9.97. The standard InChI is InChI=1S/C12H18N2O4.ClH/c1-2-3-4-11(16)12(13)9-7-8(14(17)18)5-6-10(9)15;/h5-7,11-12,15-16H,2-4,13H2,1H3;1H/t11-,12+;/m1./s1. The fourth-order valence-electron chi connectivity index (χ4n) is 1.72. The van der Waals surface area contributed by atoms with Gasteiger partial charge in [-0.15, -0.1) is 12.4 Å². The summed E-state index contributed by atoms with van der Waals surface area (Å²) in [7, 11) is 0. The van der Waals surface area contributed by atoms with E-state index in [1.165, 1.54) is 18.2 Å². The van der Waals surface area contributed by atoms with Crippen molar-refractivity contribution in [2.75, 3.05) is 0 Å². The maximum Gasteiger partial charge on any atom is 0.270 e. The van der Waals surface area contributed by atoms with Crippen LogP contribution in [0, 0.1) is 10.1 Å². The number of halogens is 1. The third-order valence-corrected chi connectivity index (χ3v) is 2.85. The van der Waals surface area contributed by atoms with Crippen LogP contribution in [0.25, 0.3) is 0 Å². The van der Waals surface area contributed by atoms with E-state index in [0.717, 1.165) is 12.8 Å². The summed E-state index contributed by atoms with van der Waals surface area (Å²) in [6, 6.07) is 2.80. The molecular formula is C12H19ClN2O4. The van der Waals surface area contributed by atoms with Gasteiger partial charge in [-0.2, -0.15) is 0 Å². The highest BCUT2D eigenvalue weighted by Crippen LogP contribution is 2.30. The van der Waals surface area contributed by atoms with Crippen molar-refractivity contribution >= 4 is 18.1 Å². The number of nitrogens with two attached hydrogens (primary N) is 1. The minimum atomic E-state index is -0.823. The zero-order valence-electron chi connectivity index (χ0n) is 10.7. The Bertz CT molecular complexity index is 428. The minimum absolute atomic E-state index is 0. The zero-order chi connectivity index (χ0) is 13.7. The highest BCUT2D eigenvalue weighted by molar-refractivity contribution is 5.85. The molecule has 2 atom stereocenters. The Kier molecular flexibility index (Phi) is 7.36. The Morgan fingerprint density at radius 1 is 1.47 bits per heavy atom. The number of aromatic hydroxyl groups is 1. The number of nitro groups is 1. The van der Waals surface area contributed by atoms with E-state index >= 15 is 0 Å². The molecule has 0 aliphatic carbocycles. The summed E-state index contributed by atoms with van der Waals surface area (Å²) < 4.78 is 0. The molecule has 1 aromatic carbocycles. The molecule has 0 unspecified atom stereocenters. The quantitative estimate of drug-likeness (QED) is 0.550. The van der Waals surface area contributed by atoms with Gasteiger partial charge in [-0.3, -0.25) is 10.1 Å². The molecule has 0 fully saturated rings. The fraction of sp³-hybridized carbons (Fsp3) is 0.500. The molecule has 0 heterocycles. The number of rotatable bonds is 6. The van der Waals surface area contributed by atoms with Gasteiger partial charge in [0.25, 0.3) is 5.69 Å². The second-order valence-corrected chi connectivity index (χ2v) is 4.24. The molecule has 0 spiro atoms. The number of phenols is 1. The number of nitro benzene ring substituents is 1. The summed E-state index contributed by atoms with van der Waals surface area (Å²) in [4.78, 5) is 10.1. The lowest BCUT2D eigenvalue weighted by Gasteiger charge is -2.19. The van der Waals surface area contributed by atoms with Crippen molar-refractivity contribution < 1.29 is 15.1 Å². The van der Waals surface area contributed by atoms with Gasteiger partial charge in [0.2, 0.25) is 0 Å². The predicted octanol–water partition coefficient (Wildman–Crippen LogP) is 2.27. The summed E-state index contributed by atoms with van der Waals surface area (Å²) in [6.45, 7) is 1.99. The third-order valence-electron chi connectivity index (χ3n) is 2.85. The van der Waals surface area contributed by atoms with Crippen LogP contribution < -0.4 is 5.73 Å². The summed E-state index contributed by atoms with van der Waals surface area (Å²) >= 11 is 0. The molecule has 4 N–H and O–H groups in total. The van der Waals surface area contributed by atoms with Crippen LogP contribution >= 0.6 is 12.4 Å². The summed E-state index contributed by atoms with van der Waals surface area (Å²) in [5.74, 6) is -0.136. The van der Waals surface area contributed by atoms with Gasteiger partial charge in [-0.05, 0) is 12.5 Å². The molecule has 0 aliphatic heterocycles. The number of nitrogens with zero attached hydrogens (tertiary/aromatic N) is 1. The summed E-state index contributed by atoms with van der Waals surface area (Å²) in [6.07, 6.45) is 1.41. The molecule has 6 nitrogen and oxygen atoms in total. The molecule has 0 radical (unpaired) electrons. The third kappa shape index (κ3) is 4.66. The summed E-state index contributed by atoms with van der Waals surface area (Å²) in [5, 5.41) is 30.1. The second-order valence-electron chi connectivity index (χ2n) is 4.24. The smallest absolute Gasteiger partial charge is 0.270 e. The van der Waals surface area contributed by atoms with E-state index in [1.54, 1.807) is 0 Å². The number of hydrogen-bond acceptors (Lipinski definition) is 5. The average Bonchev–Trinajstić information content (AvgIpc) is 2.35. The van der Waals surface area contributed by atoms with Gasteiger partial charge in [-0.1, -0.05) is 19.8 Å². The van der Waals surface area contributed by atoms with Crippen LogP contribution in [0.4, 0.5) is 5.69 Å². The van der Waals surface area contributed by atoms with Gasteiger partial charge in [0, 0.05) is 17.7 Å². The number of non-ortho nitro benzene ring substituents is 1. The molecular weight excluding hydrogens is 272 g/mol. The van der Waals surface area contributed by atoms with Crippen molar-refractivity contribution in [1.29, 1.82) is 0 Å². The highest BCUT2D eigenvalue weighted by atomic mass is 35.5. The van der Waals surface area contributed by atoms with Crippen LogP contribution in [0.1, 0.15) is 37.8 Å². The monoisotopic (exact) mass is 290 g/mol. The van der Waals surface area contributed by atoms with Gasteiger partial charge in [0.15, 0.2) is 0 Å². The van der Waals surface area contributed by atoms with Crippen LogP contribution in [0.3, 0.4) is 0 Å². The van der Waals surface area contributed by atoms with E-state index < -0.39 is 17.1 Å². The van der Waals surface area contributed by atoms with Crippen LogP contribution in [0.15, 0.2) is 18.2 Å². The lowest BCUT2D eigenvalue weighted by molar-refractivity contribution is -0.385. The Hall–Kier alpha value is -1.37. The molecule has 0 saturated carbocycles. The highest BCUT2D eigenvalue weighted by Gasteiger charge is 2.21. The molecule has 0 amide bonds. The largest absolute Gasteiger partial charge is 0.508 e. The Labute approximate surface area is 117 Å². The number of aliphatic hydroxyl groups excluding tert-OH is 1. The van der Waals surface area contributed by atoms with Gasteiger partial charge >= 0.3 is 0 Å².